The average molecular weight is 538 g/mol. The third-order valence-electron chi connectivity index (χ3n) is 5.17. The fourth-order valence-corrected chi connectivity index (χ4v) is 4.20. The van der Waals surface area contributed by atoms with Crippen LogP contribution in [0.15, 0.2) is 21.9 Å². The highest BCUT2D eigenvalue weighted by Crippen LogP contribution is 2.52. The van der Waals surface area contributed by atoms with Crippen molar-refractivity contribution in [3.05, 3.63) is 33.1 Å². The van der Waals surface area contributed by atoms with Crippen LogP contribution in [-0.4, -0.2) is 54.0 Å². The molecule has 13 nitrogen and oxygen atoms in total. The molecule has 0 amide bonds. The van der Waals surface area contributed by atoms with Gasteiger partial charge in [-0.1, -0.05) is 34.6 Å². The van der Waals surface area contributed by atoms with Gasteiger partial charge in [-0.25, -0.2) is 22.8 Å². The number of ether oxygens (including phenoxy) is 3. The van der Waals surface area contributed by atoms with E-state index in [2.05, 4.69) is 4.98 Å². The van der Waals surface area contributed by atoms with Crippen LogP contribution in [0.4, 0.5) is 4.39 Å². The fourth-order valence-electron chi connectivity index (χ4n) is 3.22. The molecule has 0 aliphatic carbocycles. The second-order valence-electron chi connectivity index (χ2n) is 8.97. The summed E-state index contributed by atoms with van der Waals surface area (Å²) in [5.74, 6) is -2.67. The van der Waals surface area contributed by atoms with Crippen molar-refractivity contribution in [2.24, 2.45) is 17.8 Å². The van der Waals surface area contributed by atoms with Gasteiger partial charge in [0.05, 0.1) is 18.4 Å². The van der Waals surface area contributed by atoms with Gasteiger partial charge in [-0.3, -0.25) is 28.5 Å². The quantitative estimate of drug-likeness (QED) is 0.223. The highest BCUT2D eigenvalue weighted by Gasteiger charge is 2.48. The molecule has 0 spiro atoms. The first kappa shape index (κ1) is 29.8. The number of hydrogen-bond acceptors (Lipinski definition) is 11. The zero-order valence-corrected chi connectivity index (χ0v) is 21.7. The van der Waals surface area contributed by atoms with Crippen LogP contribution in [-0.2, 0) is 41.9 Å². The Morgan fingerprint density at radius 2 is 1.69 bits per heavy atom. The van der Waals surface area contributed by atoms with Gasteiger partial charge in [0, 0.05) is 18.2 Å². The van der Waals surface area contributed by atoms with E-state index in [4.69, 9.17) is 27.8 Å². The number of aromatic amines is 1. The monoisotopic (exact) mass is 538 g/mol. The first-order chi connectivity index (χ1) is 16.8. The summed E-state index contributed by atoms with van der Waals surface area (Å²) in [7, 11) is -4.55. The number of nitrogens with one attached hydrogen (secondary N) is 1. The number of phosphoric ester groups is 1. The molecule has 1 N–H and O–H groups in total. The Labute approximate surface area is 206 Å². The largest absolute Gasteiger partial charge is 0.480 e. The third kappa shape index (κ3) is 8.07. The highest BCUT2D eigenvalue weighted by atomic mass is 31.2. The molecule has 1 aliphatic heterocycles. The van der Waals surface area contributed by atoms with Crippen LogP contribution in [0, 0.1) is 17.8 Å². The van der Waals surface area contributed by atoms with Crippen molar-refractivity contribution < 1.29 is 46.3 Å². The SMILES string of the molecule is CC(C)C(=O)OCOP(=O)(OCOC(=O)C(C)C)OC[C@]1(CF)C[C@H](C)[C@H](n2ccc(=O)[nH]c2=O)O1. The van der Waals surface area contributed by atoms with Crippen molar-refractivity contribution in [1.82, 2.24) is 9.55 Å². The van der Waals surface area contributed by atoms with E-state index in [1.807, 2.05) is 0 Å². The Bertz CT molecular complexity index is 1040. The van der Waals surface area contributed by atoms with Crippen molar-refractivity contribution in [2.75, 3.05) is 26.9 Å². The minimum absolute atomic E-state index is 0.0460. The number of esters is 2. The van der Waals surface area contributed by atoms with E-state index in [0.29, 0.717) is 0 Å². The number of hydrogen-bond donors (Lipinski definition) is 1. The Kier molecular flexibility index (Phi) is 10.6. The lowest BCUT2D eigenvalue weighted by Gasteiger charge is -2.28. The Morgan fingerprint density at radius 3 is 2.17 bits per heavy atom. The van der Waals surface area contributed by atoms with Crippen LogP contribution in [0.5, 0.6) is 0 Å². The van der Waals surface area contributed by atoms with Crippen LogP contribution in [0.25, 0.3) is 0 Å². The Morgan fingerprint density at radius 1 is 1.14 bits per heavy atom. The average Bonchev–Trinajstić information content (AvgIpc) is 3.14. The van der Waals surface area contributed by atoms with Crippen molar-refractivity contribution in [1.29, 1.82) is 0 Å². The number of alkyl halides is 1. The second kappa shape index (κ2) is 12.7. The summed E-state index contributed by atoms with van der Waals surface area (Å²) in [6, 6.07) is 1.12. The van der Waals surface area contributed by atoms with Crippen molar-refractivity contribution >= 4 is 19.8 Å². The van der Waals surface area contributed by atoms with Crippen LogP contribution >= 0.6 is 7.82 Å². The number of halogens is 1. The normalized spacial score (nSPS) is 22.2. The van der Waals surface area contributed by atoms with Crippen molar-refractivity contribution in [3.8, 4) is 0 Å². The van der Waals surface area contributed by atoms with Gasteiger partial charge in [0.2, 0.25) is 13.6 Å². The number of phosphoric acid groups is 1. The zero-order valence-electron chi connectivity index (χ0n) is 20.8. The lowest BCUT2D eigenvalue weighted by molar-refractivity contribution is -0.159. The summed E-state index contributed by atoms with van der Waals surface area (Å²) in [6.45, 7) is 4.67. The molecule has 1 fully saturated rings. The number of nitrogens with zero attached hydrogens (tertiary/aromatic N) is 1. The molecule has 0 radical (unpaired) electrons. The minimum Gasteiger partial charge on any atom is -0.438 e. The molecule has 1 saturated heterocycles. The number of rotatable bonds is 13. The van der Waals surface area contributed by atoms with E-state index >= 15 is 0 Å². The van der Waals surface area contributed by atoms with Gasteiger partial charge in [0.15, 0.2) is 0 Å². The van der Waals surface area contributed by atoms with Gasteiger partial charge < -0.3 is 14.2 Å². The number of carbonyl (C=O) groups excluding carboxylic acids is 2. The van der Waals surface area contributed by atoms with Gasteiger partial charge in [-0.15, -0.1) is 0 Å². The topological polar surface area (TPSA) is 161 Å². The van der Waals surface area contributed by atoms with Gasteiger partial charge in [0.25, 0.3) is 5.56 Å². The van der Waals surface area contributed by atoms with Gasteiger partial charge in [0.1, 0.15) is 18.5 Å². The molecule has 204 valence electrons. The summed E-state index contributed by atoms with van der Waals surface area (Å²) in [5.41, 5.74) is -3.00. The summed E-state index contributed by atoms with van der Waals surface area (Å²) < 4.78 is 59.2. The lowest BCUT2D eigenvalue weighted by Crippen LogP contribution is -2.38. The van der Waals surface area contributed by atoms with E-state index in [1.54, 1.807) is 34.6 Å². The van der Waals surface area contributed by atoms with Gasteiger partial charge >= 0.3 is 25.5 Å². The molecule has 3 atom stereocenters. The molecule has 1 aromatic heterocycles. The molecular weight excluding hydrogens is 506 g/mol. The second-order valence-corrected chi connectivity index (χ2v) is 10.6. The summed E-state index contributed by atoms with van der Waals surface area (Å²) in [4.78, 5) is 48.9. The molecule has 0 saturated carbocycles. The van der Waals surface area contributed by atoms with E-state index < -0.39 is 87.5 Å². The smallest absolute Gasteiger partial charge is 0.438 e. The van der Waals surface area contributed by atoms with Crippen molar-refractivity contribution in [2.45, 2.75) is 52.9 Å². The van der Waals surface area contributed by atoms with Gasteiger partial charge in [-0.2, -0.15) is 0 Å². The van der Waals surface area contributed by atoms with Crippen LogP contribution in [0.3, 0.4) is 0 Å². The zero-order chi connectivity index (χ0) is 27.1. The fraction of sp³-hybridized carbons (Fsp3) is 0.714. The van der Waals surface area contributed by atoms with Crippen molar-refractivity contribution in [3.63, 3.8) is 0 Å². The molecule has 0 bridgehead atoms. The summed E-state index contributed by atoms with van der Waals surface area (Å²) in [6.07, 6.45) is 0.319. The van der Waals surface area contributed by atoms with Crippen LogP contribution in [0.2, 0.25) is 0 Å². The molecule has 2 heterocycles. The maximum Gasteiger partial charge on any atom is 0.480 e. The van der Waals surface area contributed by atoms with E-state index in [0.717, 1.165) is 10.6 Å². The molecule has 0 unspecified atom stereocenters. The molecule has 36 heavy (non-hydrogen) atoms. The number of aromatic nitrogens is 2. The highest BCUT2D eigenvalue weighted by molar-refractivity contribution is 7.48. The third-order valence-corrected chi connectivity index (χ3v) is 6.46. The Balaban J connectivity index is 2.13. The number of H-pyrrole nitrogens is 1. The van der Waals surface area contributed by atoms with Crippen LogP contribution in [0.1, 0.15) is 47.3 Å². The molecular formula is C21H32FN2O11P. The maximum atomic E-state index is 14.2. The first-order valence-electron chi connectivity index (χ1n) is 11.2. The molecule has 1 aliphatic rings. The molecule has 15 heteroatoms. The summed E-state index contributed by atoms with van der Waals surface area (Å²) in [5, 5.41) is 0. The molecule has 1 aromatic rings. The van der Waals surface area contributed by atoms with Crippen LogP contribution < -0.4 is 11.2 Å². The Hall–Kier alpha value is -2.38. The summed E-state index contributed by atoms with van der Waals surface area (Å²) >= 11 is 0. The lowest BCUT2D eigenvalue weighted by atomic mass is 9.96. The predicted molar refractivity (Wildman–Crippen MR) is 121 cm³/mol. The maximum absolute atomic E-state index is 14.2. The standard InChI is InChI=1S/C21H32FN2O11P/c1-13(2)18(26)30-11-33-36(29,34-12-31-19(27)14(3)4)32-10-21(9-22)8-15(5)17(35-21)24-7-6-16(25)23-20(24)28/h6-7,13-15,17H,8-12H2,1-5H3,(H,23,25,28)/t15-,17+,21+/m0/s1. The molecule has 0 aromatic carbocycles. The van der Waals surface area contributed by atoms with E-state index in [-0.39, 0.29) is 6.42 Å². The molecule has 2 rings (SSSR count). The van der Waals surface area contributed by atoms with Gasteiger partial charge in [-0.05, 0) is 6.42 Å². The first-order valence-corrected chi connectivity index (χ1v) is 12.7. The minimum atomic E-state index is -4.55. The van der Waals surface area contributed by atoms with E-state index in [1.165, 1.54) is 6.20 Å². The van der Waals surface area contributed by atoms with E-state index in [9.17, 15) is 28.1 Å². The number of carbonyl (C=O) groups is 2. The predicted octanol–water partition coefficient (Wildman–Crippen LogP) is 2.27.